The van der Waals surface area contributed by atoms with Crippen molar-refractivity contribution in [3.05, 3.63) is 36.1 Å². The van der Waals surface area contributed by atoms with Crippen LogP contribution in [0.5, 0.6) is 0 Å². The van der Waals surface area contributed by atoms with Crippen molar-refractivity contribution in [3.63, 3.8) is 0 Å². The number of hydrogen-bond acceptors (Lipinski definition) is 5. The predicted octanol–water partition coefficient (Wildman–Crippen LogP) is 2.28. The molecule has 3 heterocycles. The largest absolute Gasteiger partial charge is 0.447 e. The topological polar surface area (TPSA) is 56.3 Å². The molecule has 1 aliphatic rings. The van der Waals surface area contributed by atoms with Crippen LogP contribution in [0.2, 0.25) is 0 Å². The van der Waals surface area contributed by atoms with E-state index >= 15 is 0 Å². The normalized spacial score (nSPS) is 20.5. The van der Waals surface area contributed by atoms with E-state index in [1.54, 1.807) is 6.26 Å². The summed E-state index contributed by atoms with van der Waals surface area (Å²) >= 11 is 0. The third kappa shape index (κ3) is 3.08. The van der Waals surface area contributed by atoms with Crippen LogP contribution in [0.1, 0.15) is 44.2 Å². The minimum Gasteiger partial charge on any atom is -0.447 e. The van der Waals surface area contributed by atoms with Crippen molar-refractivity contribution >= 4 is 0 Å². The molecule has 1 aliphatic heterocycles. The van der Waals surface area contributed by atoms with Crippen molar-refractivity contribution in [2.75, 3.05) is 19.8 Å². The third-order valence-electron chi connectivity index (χ3n) is 4.08. The minimum atomic E-state index is -0.0121. The fourth-order valence-electron chi connectivity index (χ4n) is 2.57. The zero-order valence-corrected chi connectivity index (χ0v) is 13.7. The highest BCUT2D eigenvalue weighted by Gasteiger charge is 2.30. The lowest BCUT2D eigenvalue weighted by molar-refractivity contribution is -0.0237. The maximum absolute atomic E-state index is 5.75. The van der Waals surface area contributed by atoms with Gasteiger partial charge in [-0.2, -0.15) is 0 Å². The molecule has 0 aromatic carbocycles. The molecule has 22 heavy (non-hydrogen) atoms. The van der Waals surface area contributed by atoms with Gasteiger partial charge in [-0.1, -0.05) is 20.8 Å². The first-order valence-corrected chi connectivity index (χ1v) is 7.69. The van der Waals surface area contributed by atoms with Crippen LogP contribution in [0.3, 0.4) is 0 Å². The van der Waals surface area contributed by atoms with E-state index < -0.39 is 0 Å². The van der Waals surface area contributed by atoms with Gasteiger partial charge >= 0.3 is 0 Å². The SMILES string of the molecule is Cn1ccnc1CN1CCOCC1c1nc(C(C)(C)C)co1. The summed E-state index contributed by atoms with van der Waals surface area (Å²) in [5.74, 6) is 1.77. The van der Waals surface area contributed by atoms with E-state index in [1.165, 1.54) is 0 Å². The standard InChI is InChI=1S/C16H24N4O2/c1-16(2,3)13-11-22-15(18-13)12-10-21-8-7-20(12)9-14-17-5-6-19(14)4/h5-6,11-12H,7-10H2,1-4H3. The summed E-state index contributed by atoms with van der Waals surface area (Å²) in [5.41, 5.74) is 0.965. The second-order valence-electron chi connectivity index (χ2n) is 6.84. The molecular formula is C16H24N4O2. The van der Waals surface area contributed by atoms with Crippen molar-refractivity contribution in [2.24, 2.45) is 7.05 Å². The Hall–Kier alpha value is -1.66. The van der Waals surface area contributed by atoms with Crippen LogP contribution >= 0.6 is 0 Å². The molecule has 1 saturated heterocycles. The minimum absolute atomic E-state index is 0.0121. The Morgan fingerprint density at radius 1 is 1.36 bits per heavy atom. The van der Waals surface area contributed by atoms with E-state index in [0.29, 0.717) is 6.61 Å². The molecule has 1 atom stereocenters. The van der Waals surface area contributed by atoms with Crippen LogP contribution in [0.4, 0.5) is 0 Å². The smallest absolute Gasteiger partial charge is 0.214 e. The fraction of sp³-hybridized carbons (Fsp3) is 0.625. The van der Waals surface area contributed by atoms with Gasteiger partial charge in [-0.05, 0) is 0 Å². The Kier molecular flexibility index (Phi) is 4.06. The average molecular weight is 304 g/mol. The lowest BCUT2D eigenvalue weighted by atomic mass is 9.93. The van der Waals surface area contributed by atoms with E-state index in [2.05, 4.69) is 30.7 Å². The number of aryl methyl sites for hydroxylation is 1. The highest BCUT2D eigenvalue weighted by molar-refractivity contribution is 5.10. The number of morpholine rings is 1. The Morgan fingerprint density at radius 3 is 2.82 bits per heavy atom. The van der Waals surface area contributed by atoms with Crippen molar-refractivity contribution in [1.82, 2.24) is 19.4 Å². The summed E-state index contributed by atoms with van der Waals surface area (Å²) in [6.07, 6.45) is 5.56. The van der Waals surface area contributed by atoms with Gasteiger partial charge in [0, 0.05) is 31.4 Å². The molecule has 0 bridgehead atoms. The van der Waals surface area contributed by atoms with E-state index in [-0.39, 0.29) is 11.5 Å². The van der Waals surface area contributed by atoms with Crippen LogP contribution < -0.4 is 0 Å². The number of imidazole rings is 1. The van der Waals surface area contributed by atoms with Crippen LogP contribution in [0.15, 0.2) is 23.1 Å². The fourth-order valence-corrected chi connectivity index (χ4v) is 2.57. The van der Waals surface area contributed by atoms with Gasteiger partial charge in [0.05, 0.1) is 25.5 Å². The summed E-state index contributed by atoms with van der Waals surface area (Å²) in [5, 5.41) is 0. The van der Waals surface area contributed by atoms with Gasteiger partial charge in [-0.25, -0.2) is 9.97 Å². The monoisotopic (exact) mass is 304 g/mol. The number of rotatable bonds is 3. The molecule has 0 aliphatic carbocycles. The first-order chi connectivity index (χ1) is 10.4. The predicted molar refractivity (Wildman–Crippen MR) is 82.4 cm³/mol. The number of hydrogen-bond donors (Lipinski definition) is 0. The van der Waals surface area contributed by atoms with Gasteiger partial charge in [0.2, 0.25) is 5.89 Å². The summed E-state index contributed by atoms with van der Waals surface area (Å²) in [7, 11) is 2.01. The molecule has 0 radical (unpaired) electrons. The number of oxazole rings is 1. The maximum atomic E-state index is 5.75. The zero-order valence-electron chi connectivity index (χ0n) is 13.7. The molecule has 6 nitrogen and oxygen atoms in total. The molecule has 3 rings (SSSR count). The zero-order chi connectivity index (χ0) is 15.7. The average Bonchev–Trinajstić information content (AvgIpc) is 3.09. The van der Waals surface area contributed by atoms with E-state index in [1.807, 2.05) is 24.0 Å². The van der Waals surface area contributed by atoms with Crippen LogP contribution in [-0.2, 0) is 23.7 Å². The summed E-state index contributed by atoms with van der Waals surface area (Å²) in [4.78, 5) is 11.4. The third-order valence-corrected chi connectivity index (χ3v) is 4.08. The molecule has 1 unspecified atom stereocenters. The molecule has 0 N–H and O–H groups in total. The van der Waals surface area contributed by atoms with Crippen LogP contribution in [0.25, 0.3) is 0 Å². The quantitative estimate of drug-likeness (QED) is 0.870. The van der Waals surface area contributed by atoms with Crippen molar-refractivity contribution in [3.8, 4) is 0 Å². The molecule has 0 amide bonds. The second kappa shape index (κ2) is 5.85. The van der Waals surface area contributed by atoms with Gasteiger partial charge in [-0.3, -0.25) is 4.90 Å². The molecule has 120 valence electrons. The number of ether oxygens (including phenoxy) is 1. The van der Waals surface area contributed by atoms with Crippen molar-refractivity contribution in [2.45, 2.75) is 38.8 Å². The van der Waals surface area contributed by atoms with Gasteiger partial charge in [0.25, 0.3) is 0 Å². The molecule has 0 spiro atoms. The molecule has 1 fully saturated rings. The van der Waals surface area contributed by atoms with E-state index in [0.717, 1.165) is 37.1 Å². The Labute approximate surface area is 131 Å². The van der Waals surface area contributed by atoms with E-state index in [4.69, 9.17) is 14.1 Å². The second-order valence-corrected chi connectivity index (χ2v) is 6.84. The highest BCUT2D eigenvalue weighted by atomic mass is 16.5. The van der Waals surface area contributed by atoms with Crippen LogP contribution in [0, 0.1) is 0 Å². The summed E-state index contributed by atoms with van der Waals surface area (Å²) < 4.78 is 13.4. The first kappa shape index (κ1) is 15.2. The van der Waals surface area contributed by atoms with Crippen LogP contribution in [-0.4, -0.2) is 39.2 Å². The Bertz CT molecular complexity index is 626. The highest BCUT2D eigenvalue weighted by Crippen LogP contribution is 2.28. The van der Waals surface area contributed by atoms with Crippen molar-refractivity contribution in [1.29, 1.82) is 0 Å². The Balaban J connectivity index is 1.80. The maximum Gasteiger partial charge on any atom is 0.214 e. The molecule has 0 saturated carbocycles. The van der Waals surface area contributed by atoms with Crippen molar-refractivity contribution < 1.29 is 9.15 Å². The lowest BCUT2D eigenvalue weighted by Gasteiger charge is -2.33. The molecule has 6 heteroatoms. The molecule has 2 aromatic heterocycles. The van der Waals surface area contributed by atoms with Gasteiger partial charge in [0.1, 0.15) is 18.1 Å². The number of aromatic nitrogens is 3. The lowest BCUT2D eigenvalue weighted by Crippen LogP contribution is -2.39. The first-order valence-electron chi connectivity index (χ1n) is 7.69. The summed E-state index contributed by atoms with van der Waals surface area (Å²) in [6, 6.07) is 0.0431. The Morgan fingerprint density at radius 2 is 2.18 bits per heavy atom. The van der Waals surface area contributed by atoms with E-state index in [9.17, 15) is 0 Å². The van der Waals surface area contributed by atoms with Gasteiger partial charge in [-0.15, -0.1) is 0 Å². The number of nitrogens with zero attached hydrogens (tertiary/aromatic N) is 4. The molecular weight excluding hydrogens is 280 g/mol. The van der Waals surface area contributed by atoms with Gasteiger partial charge in [0.15, 0.2) is 0 Å². The molecule has 2 aromatic rings. The van der Waals surface area contributed by atoms with Gasteiger partial charge < -0.3 is 13.7 Å². The summed E-state index contributed by atoms with van der Waals surface area (Å²) in [6.45, 7) is 9.37.